The van der Waals surface area contributed by atoms with Crippen LogP contribution >= 0.6 is 0 Å². The normalized spacial score (nSPS) is 12.0. The summed E-state index contributed by atoms with van der Waals surface area (Å²) < 4.78 is 50.0. The van der Waals surface area contributed by atoms with E-state index in [2.05, 4.69) is 15.3 Å². The molecule has 0 bridgehead atoms. The zero-order valence-electron chi connectivity index (χ0n) is 18.2. The van der Waals surface area contributed by atoms with E-state index in [4.69, 9.17) is 9.47 Å². The van der Waals surface area contributed by atoms with Crippen LogP contribution in [-0.2, 0) is 6.18 Å². The van der Waals surface area contributed by atoms with Gasteiger partial charge in [0.05, 0.1) is 36.5 Å². The first kappa shape index (κ1) is 22.9. The lowest BCUT2D eigenvalue weighted by Crippen LogP contribution is -2.22. The third-order valence-electron chi connectivity index (χ3n) is 5.07. The summed E-state index contributed by atoms with van der Waals surface area (Å²) in [5.74, 6) is 0.805. The Labute approximate surface area is 193 Å². The summed E-state index contributed by atoms with van der Waals surface area (Å²) in [4.78, 5) is 20.1. The molecule has 4 rings (SSSR count). The van der Waals surface area contributed by atoms with Gasteiger partial charge >= 0.3 is 6.18 Å². The Bertz CT molecular complexity index is 1360. The molecule has 0 fully saturated rings. The van der Waals surface area contributed by atoms with Crippen LogP contribution in [0, 0.1) is 0 Å². The minimum atomic E-state index is -4.49. The fourth-order valence-corrected chi connectivity index (χ4v) is 3.37. The molecule has 0 saturated heterocycles. The molecule has 0 spiro atoms. The summed E-state index contributed by atoms with van der Waals surface area (Å²) in [5, 5.41) is 2.80. The highest BCUT2D eigenvalue weighted by Crippen LogP contribution is 2.32. The van der Waals surface area contributed by atoms with Gasteiger partial charge in [-0.3, -0.25) is 4.79 Å². The number of carbonyl (C=O) groups excluding carboxylic acids is 1. The number of hydrogen-bond donors (Lipinski definition) is 2. The van der Waals surface area contributed by atoms with Gasteiger partial charge in [-0.15, -0.1) is 0 Å². The van der Waals surface area contributed by atoms with E-state index in [0.717, 1.165) is 12.1 Å². The van der Waals surface area contributed by atoms with Crippen LogP contribution in [0.1, 0.15) is 27.3 Å². The van der Waals surface area contributed by atoms with Gasteiger partial charge in [0.1, 0.15) is 0 Å². The number of rotatable bonds is 6. The number of hydrogen-bond acceptors (Lipinski definition) is 4. The minimum absolute atomic E-state index is 0.192. The van der Waals surface area contributed by atoms with Crippen LogP contribution in [-0.4, -0.2) is 30.1 Å². The third kappa shape index (κ3) is 4.88. The van der Waals surface area contributed by atoms with E-state index in [9.17, 15) is 18.0 Å². The number of aromatic nitrogens is 2. The van der Waals surface area contributed by atoms with E-state index in [1.54, 1.807) is 54.6 Å². The highest BCUT2D eigenvalue weighted by atomic mass is 19.4. The van der Waals surface area contributed by atoms with Crippen LogP contribution < -0.4 is 14.8 Å². The number of methoxy groups -OCH3 is 2. The Morgan fingerprint density at radius 1 is 0.971 bits per heavy atom. The number of H-pyrrole nitrogens is 1. The Hall–Kier alpha value is -4.27. The number of amides is 1. The summed E-state index contributed by atoms with van der Waals surface area (Å²) in [6, 6.07) is 16.9. The Balaban J connectivity index is 1.79. The molecule has 1 heterocycles. The molecule has 34 heavy (non-hydrogen) atoms. The molecule has 0 saturated carbocycles. The van der Waals surface area contributed by atoms with Crippen LogP contribution in [0.2, 0.25) is 0 Å². The van der Waals surface area contributed by atoms with E-state index in [1.165, 1.54) is 20.3 Å². The van der Waals surface area contributed by atoms with Crippen LogP contribution in [0.5, 0.6) is 11.5 Å². The smallest absolute Gasteiger partial charge is 0.416 e. The first-order chi connectivity index (χ1) is 16.3. The first-order valence-electron chi connectivity index (χ1n) is 10.2. The quantitative estimate of drug-likeness (QED) is 0.391. The molecular formula is C25H20F3N3O3. The Morgan fingerprint density at radius 2 is 1.71 bits per heavy atom. The third-order valence-corrected chi connectivity index (χ3v) is 5.07. The number of aromatic amines is 1. The van der Waals surface area contributed by atoms with Gasteiger partial charge in [0.15, 0.2) is 17.3 Å². The number of alkyl halides is 3. The molecular weight excluding hydrogens is 447 g/mol. The van der Waals surface area contributed by atoms with Gasteiger partial charge in [-0.25, -0.2) is 4.98 Å². The maximum absolute atomic E-state index is 13.1. The summed E-state index contributed by atoms with van der Waals surface area (Å²) in [7, 11) is 3.02. The first-order valence-corrected chi connectivity index (χ1v) is 10.2. The van der Waals surface area contributed by atoms with E-state index >= 15 is 0 Å². The van der Waals surface area contributed by atoms with Crippen molar-refractivity contribution in [3.05, 3.63) is 89.2 Å². The molecule has 0 radical (unpaired) electrons. The predicted molar refractivity (Wildman–Crippen MR) is 122 cm³/mol. The number of imidazole rings is 1. The molecule has 1 amide bonds. The van der Waals surface area contributed by atoms with E-state index in [0.29, 0.717) is 28.1 Å². The van der Waals surface area contributed by atoms with Crippen molar-refractivity contribution >= 4 is 28.7 Å². The molecule has 3 aromatic carbocycles. The number of ether oxygens (including phenoxy) is 2. The molecule has 0 aliphatic rings. The van der Waals surface area contributed by atoms with Gasteiger partial charge in [-0.2, -0.15) is 13.2 Å². The lowest BCUT2D eigenvalue weighted by molar-refractivity contribution is -0.137. The number of nitrogens with one attached hydrogen (secondary N) is 2. The molecule has 0 atom stereocenters. The van der Waals surface area contributed by atoms with Gasteiger partial charge in [0, 0.05) is 5.56 Å². The average Bonchev–Trinajstić information content (AvgIpc) is 3.27. The maximum Gasteiger partial charge on any atom is 0.416 e. The number of benzene rings is 3. The van der Waals surface area contributed by atoms with Crippen LogP contribution in [0.25, 0.3) is 22.8 Å². The summed E-state index contributed by atoms with van der Waals surface area (Å²) in [6.07, 6.45) is -2.84. The van der Waals surface area contributed by atoms with Crippen molar-refractivity contribution in [2.24, 2.45) is 0 Å². The van der Waals surface area contributed by atoms with Gasteiger partial charge in [-0.05, 0) is 54.1 Å². The molecule has 0 aliphatic heterocycles. The zero-order valence-corrected chi connectivity index (χ0v) is 18.2. The fraction of sp³-hybridized carbons (Fsp3) is 0.120. The highest BCUT2D eigenvalue weighted by Gasteiger charge is 2.30. The number of fused-ring (bicyclic) bond motifs is 1. The predicted octanol–water partition coefficient (Wildman–Crippen LogP) is 5.53. The number of carbonyl (C=O) groups is 1. The summed E-state index contributed by atoms with van der Waals surface area (Å²) >= 11 is 0. The number of nitrogens with zero attached hydrogens (tertiary/aromatic N) is 1. The van der Waals surface area contributed by atoms with Gasteiger partial charge in [-0.1, -0.05) is 24.3 Å². The Kier molecular flexibility index (Phi) is 6.27. The second-order valence-electron chi connectivity index (χ2n) is 7.31. The van der Waals surface area contributed by atoms with Crippen molar-refractivity contribution in [3.8, 4) is 11.5 Å². The standard InChI is InChI=1S/C25H20F3N3O3/c1-33-21-11-8-15(13-22(21)34-2)12-20(31-24(32)16-6-4-3-5-7-16)23-29-18-10-9-17(25(26,27)28)14-19(18)30-23/h3-14H,1-2H3,(H,29,30)(H,31,32)/b20-12+. The number of halogens is 3. The molecule has 1 aromatic heterocycles. The molecule has 4 aromatic rings. The Morgan fingerprint density at radius 3 is 2.38 bits per heavy atom. The molecule has 9 heteroatoms. The molecule has 6 nitrogen and oxygen atoms in total. The molecule has 2 N–H and O–H groups in total. The van der Waals surface area contributed by atoms with E-state index in [1.807, 2.05) is 0 Å². The van der Waals surface area contributed by atoms with Crippen LogP contribution in [0.15, 0.2) is 66.7 Å². The summed E-state index contributed by atoms with van der Waals surface area (Å²) in [6.45, 7) is 0. The van der Waals surface area contributed by atoms with Gasteiger partial charge < -0.3 is 19.8 Å². The maximum atomic E-state index is 13.1. The van der Waals surface area contributed by atoms with Gasteiger partial charge in [0.25, 0.3) is 5.91 Å². The van der Waals surface area contributed by atoms with Crippen molar-refractivity contribution in [2.75, 3.05) is 14.2 Å². The molecule has 0 unspecified atom stereocenters. The zero-order chi connectivity index (χ0) is 24.3. The lowest BCUT2D eigenvalue weighted by Gasteiger charge is -2.10. The highest BCUT2D eigenvalue weighted by molar-refractivity contribution is 6.01. The van der Waals surface area contributed by atoms with E-state index in [-0.39, 0.29) is 17.0 Å². The lowest BCUT2D eigenvalue weighted by atomic mass is 10.1. The van der Waals surface area contributed by atoms with Crippen molar-refractivity contribution in [2.45, 2.75) is 6.18 Å². The summed E-state index contributed by atoms with van der Waals surface area (Å²) in [5.41, 5.74) is 1.06. The average molecular weight is 467 g/mol. The monoisotopic (exact) mass is 467 g/mol. The van der Waals surface area contributed by atoms with Crippen molar-refractivity contribution in [1.82, 2.24) is 15.3 Å². The van der Waals surface area contributed by atoms with Crippen molar-refractivity contribution < 1.29 is 27.4 Å². The second-order valence-corrected chi connectivity index (χ2v) is 7.31. The molecule has 174 valence electrons. The fourth-order valence-electron chi connectivity index (χ4n) is 3.37. The van der Waals surface area contributed by atoms with Crippen LogP contribution in [0.3, 0.4) is 0 Å². The second kappa shape index (κ2) is 9.30. The van der Waals surface area contributed by atoms with Crippen LogP contribution in [0.4, 0.5) is 13.2 Å². The molecule has 0 aliphatic carbocycles. The van der Waals surface area contributed by atoms with Gasteiger partial charge in [0.2, 0.25) is 0 Å². The van der Waals surface area contributed by atoms with Crippen molar-refractivity contribution in [3.63, 3.8) is 0 Å². The van der Waals surface area contributed by atoms with E-state index < -0.39 is 17.6 Å². The van der Waals surface area contributed by atoms with Crippen molar-refractivity contribution in [1.29, 1.82) is 0 Å². The minimum Gasteiger partial charge on any atom is -0.493 e. The SMILES string of the molecule is COc1ccc(/C=C(/NC(=O)c2ccccc2)c2nc3ccc(C(F)(F)F)cc3[nH]2)cc1OC. The topological polar surface area (TPSA) is 76.2 Å². The largest absolute Gasteiger partial charge is 0.493 e.